The molecule has 0 radical (unpaired) electrons. The Labute approximate surface area is 167 Å². The number of hydrogen-bond donors (Lipinski definition) is 2. The van der Waals surface area contributed by atoms with Crippen LogP contribution in [0.4, 0.5) is 5.69 Å². The van der Waals surface area contributed by atoms with E-state index in [1.165, 1.54) is 24.1 Å². The van der Waals surface area contributed by atoms with Crippen molar-refractivity contribution in [1.29, 1.82) is 0 Å². The molecule has 0 spiro atoms. The molecule has 2 aromatic heterocycles. The highest BCUT2D eigenvalue weighted by atomic mass is 35.5. The van der Waals surface area contributed by atoms with Crippen LogP contribution in [0.2, 0.25) is 5.02 Å². The minimum absolute atomic E-state index is 0.0583. The second-order valence-corrected chi connectivity index (χ2v) is 8.54. The lowest BCUT2D eigenvalue weighted by atomic mass is 10.2. The summed E-state index contributed by atoms with van der Waals surface area (Å²) in [5.74, 6) is 0.0749. The molecule has 0 saturated heterocycles. The normalized spacial score (nSPS) is 11.5. The number of H-pyrrole nitrogens is 1. The van der Waals surface area contributed by atoms with Gasteiger partial charge in [-0.3, -0.25) is 14.6 Å². The number of carbonyl (C=O) groups excluding carboxylic acids is 1. The smallest absolute Gasteiger partial charge is 0.265 e. The number of carbonyl (C=O) groups is 1. The maximum absolute atomic E-state index is 12.8. The van der Waals surface area contributed by atoms with E-state index in [0.29, 0.717) is 5.69 Å². The van der Waals surface area contributed by atoms with Gasteiger partial charge in [0.2, 0.25) is 0 Å². The van der Waals surface area contributed by atoms with E-state index in [2.05, 4.69) is 14.9 Å². The summed E-state index contributed by atoms with van der Waals surface area (Å²) in [6, 6.07) is 6.35. The number of hydrogen-bond acceptors (Lipinski definition) is 5. The van der Waals surface area contributed by atoms with E-state index in [9.17, 15) is 13.2 Å². The molecule has 0 saturated carbocycles. The number of benzene rings is 1. The van der Waals surface area contributed by atoms with Gasteiger partial charge in [-0.25, -0.2) is 8.42 Å². The molecule has 2 N–H and O–H groups in total. The Morgan fingerprint density at radius 3 is 2.61 bits per heavy atom. The molecule has 0 aliphatic heterocycles. The summed E-state index contributed by atoms with van der Waals surface area (Å²) in [4.78, 5) is 13.6. The van der Waals surface area contributed by atoms with Gasteiger partial charge in [0.15, 0.2) is 5.76 Å². The third kappa shape index (κ3) is 3.76. The Balaban J connectivity index is 1.99. The predicted molar refractivity (Wildman–Crippen MR) is 106 cm³/mol. The van der Waals surface area contributed by atoms with Gasteiger partial charge in [0.05, 0.1) is 22.5 Å². The maximum Gasteiger partial charge on any atom is 0.265 e. The average molecular weight is 423 g/mol. The number of aromatic nitrogens is 2. The number of aryl methyl sites for hydroxylation is 2. The Morgan fingerprint density at radius 2 is 1.96 bits per heavy atom. The molecule has 3 aromatic rings. The van der Waals surface area contributed by atoms with Crippen molar-refractivity contribution in [3.8, 4) is 11.5 Å². The first kappa shape index (κ1) is 20.0. The summed E-state index contributed by atoms with van der Waals surface area (Å²) in [6.07, 6.45) is 1.37. The second-order valence-electron chi connectivity index (χ2n) is 6.48. The summed E-state index contributed by atoms with van der Waals surface area (Å²) in [7, 11) is -0.739. The van der Waals surface area contributed by atoms with Crippen molar-refractivity contribution in [1.82, 2.24) is 15.1 Å². The van der Waals surface area contributed by atoms with Crippen LogP contribution in [0, 0.1) is 13.8 Å². The number of aromatic amines is 1. The predicted octanol–water partition coefficient (Wildman–Crippen LogP) is 3.44. The monoisotopic (exact) mass is 422 g/mol. The standard InChI is InChI=1S/C18H19ClN4O4S/c1-10-5-6-14(13(19)7-10)22-28(25,26)16-8-15(27-11(16)2)17-12(9-20-21-17)18(24)23(3)4/h5-9,22H,1-4H3,(H,20,21). The van der Waals surface area contributed by atoms with Crippen molar-refractivity contribution in [2.45, 2.75) is 18.7 Å². The number of nitrogens with zero attached hydrogens (tertiary/aromatic N) is 2. The number of sulfonamides is 1. The lowest BCUT2D eigenvalue weighted by Crippen LogP contribution is -2.21. The fourth-order valence-corrected chi connectivity index (χ4v) is 4.23. The molecular weight excluding hydrogens is 404 g/mol. The first-order valence-electron chi connectivity index (χ1n) is 8.25. The molecule has 0 atom stereocenters. The van der Waals surface area contributed by atoms with E-state index in [4.69, 9.17) is 16.0 Å². The molecule has 148 valence electrons. The van der Waals surface area contributed by atoms with Crippen LogP contribution in [0.5, 0.6) is 0 Å². The van der Waals surface area contributed by atoms with Crippen LogP contribution < -0.4 is 4.72 Å². The third-order valence-corrected chi connectivity index (χ3v) is 5.84. The van der Waals surface area contributed by atoms with Crippen LogP contribution in [-0.2, 0) is 10.0 Å². The minimum atomic E-state index is -3.96. The lowest BCUT2D eigenvalue weighted by molar-refractivity contribution is 0.0828. The van der Waals surface area contributed by atoms with Gasteiger partial charge < -0.3 is 9.32 Å². The van der Waals surface area contributed by atoms with Crippen molar-refractivity contribution < 1.29 is 17.6 Å². The Bertz CT molecular complexity index is 1150. The molecule has 0 bridgehead atoms. The van der Waals surface area contributed by atoms with E-state index >= 15 is 0 Å². The van der Waals surface area contributed by atoms with Gasteiger partial charge in [-0.15, -0.1) is 0 Å². The lowest BCUT2D eigenvalue weighted by Gasteiger charge is -2.09. The number of amides is 1. The summed E-state index contributed by atoms with van der Waals surface area (Å²) >= 11 is 6.13. The number of furan rings is 1. The first-order valence-corrected chi connectivity index (χ1v) is 10.1. The molecule has 2 heterocycles. The molecule has 8 nitrogen and oxygen atoms in total. The highest BCUT2D eigenvalue weighted by molar-refractivity contribution is 7.92. The third-order valence-electron chi connectivity index (χ3n) is 4.05. The molecule has 0 fully saturated rings. The second kappa shape index (κ2) is 7.33. The van der Waals surface area contributed by atoms with E-state index in [-0.39, 0.29) is 38.6 Å². The van der Waals surface area contributed by atoms with Gasteiger partial charge in [0.1, 0.15) is 16.3 Å². The van der Waals surface area contributed by atoms with Crippen LogP contribution in [0.15, 0.2) is 39.8 Å². The van der Waals surface area contributed by atoms with Crippen LogP contribution in [0.3, 0.4) is 0 Å². The van der Waals surface area contributed by atoms with Crippen LogP contribution in [0.25, 0.3) is 11.5 Å². The number of anilines is 1. The Kier molecular flexibility index (Phi) is 5.22. The Morgan fingerprint density at radius 1 is 1.25 bits per heavy atom. The van der Waals surface area contributed by atoms with Crippen molar-refractivity contribution >= 4 is 33.2 Å². The van der Waals surface area contributed by atoms with Crippen LogP contribution in [-0.4, -0.2) is 43.5 Å². The molecule has 28 heavy (non-hydrogen) atoms. The number of halogens is 1. The number of rotatable bonds is 5. The summed E-state index contributed by atoms with van der Waals surface area (Å²) in [6.45, 7) is 3.38. The van der Waals surface area contributed by atoms with Crippen molar-refractivity contribution in [2.24, 2.45) is 0 Å². The van der Waals surface area contributed by atoms with E-state index in [1.54, 1.807) is 32.3 Å². The summed E-state index contributed by atoms with van der Waals surface area (Å²) in [5, 5.41) is 6.85. The zero-order valence-electron chi connectivity index (χ0n) is 15.7. The Hall–Kier alpha value is -2.78. The molecule has 1 amide bonds. The fourth-order valence-electron chi connectivity index (χ4n) is 2.64. The summed E-state index contributed by atoms with van der Waals surface area (Å²) < 4.78 is 33.8. The van der Waals surface area contributed by atoms with Crippen molar-refractivity contribution in [3.63, 3.8) is 0 Å². The van der Waals surface area contributed by atoms with Crippen molar-refractivity contribution in [2.75, 3.05) is 18.8 Å². The van der Waals surface area contributed by atoms with E-state index in [1.807, 2.05) is 6.92 Å². The maximum atomic E-state index is 12.8. The number of nitrogens with one attached hydrogen (secondary N) is 2. The van der Waals surface area contributed by atoms with Crippen LogP contribution >= 0.6 is 11.6 Å². The molecule has 10 heteroatoms. The van der Waals surface area contributed by atoms with Gasteiger partial charge in [-0.1, -0.05) is 17.7 Å². The molecule has 0 aliphatic carbocycles. The van der Waals surface area contributed by atoms with Gasteiger partial charge in [-0.2, -0.15) is 5.10 Å². The molecule has 0 unspecified atom stereocenters. The van der Waals surface area contributed by atoms with Gasteiger partial charge >= 0.3 is 0 Å². The fraction of sp³-hybridized carbons (Fsp3) is 0.222. The SMILES string of the molecule is Cc1ccc(NS(=O)(=O)c2cc(-c3[nH]ncc3C(=O)N(C)C)oc2C)c(Cl)c1. The zero-order chi connectivity index (χ0) is 20.6. The molecule has 1 aromatic carbocycles. The molecule has 3 rings (SSSR count). The van der Waals surface area contributed by atoms with Crippen LogP contribution in [0.1, 0.15) is 21.7 Å². The van der Waals surface area contributed by atoms with Gasteiger partial charge in [0.25, 0.3) is 15.9 Å². The highest BCUT2D eigenvalue weighted by Crippen LogP contribution is 2.32. The van der Waals surface area contributed by atoms with Gasteiger partial charge in [0, 0.05) is 20.2 Å². The topological polar surface area (TPSA) is 108 Å². The largest absolute Gasteiger partial charge is 0.458 e. The average Bonchev–Trinajstić information content (AvgIpc) is 3.23. The van der Waals surface area contributed by atoms with Crippen molar-refractivity contribution in [3.05, 3.63) is 52.4 Å². The quantitative estimate of drug-likeness (QED) is 0.654. The minimum Gasteiger partial charge on any atom is -0.458 e. The summed E-state index contributed by atoms with van der Waals surface area (Å²) in [5.41, 5.74) is 1.75. The first-order chi connectivity index (χ1) is 13.1. The molecular formula is C18H19ClN4O4S. The molecule has 0 aliphatic rings. The highest BCUT2D eigenvalue weighted by Gasteiger charge is 2.26. The van der Waals surface area contributed by atoms with Gasteiger partial charge in [-0.05, 0) is 31.5 Å². The van der Waals surface area contributed by atoms with E-state index in [0.717, 1.165) is 5.56 Å². The zero-order valence-corrected chi connectivity index (χ0v) is 17.3. The van der Waals surface area contributed by atoms with E-state index < -0.39 is 10.0 Å².